The van der Waals surface area contributed by atoms with E-state index in [1.807, 2.05) is 0 Å². The molecule has 6 aromatic carbocycles. The SMILES string of the molecule is C.c1ccc2c(c1)CC1(C2)Cc2ccccc2C1.c1ccc2c(c1)CC1(Cc3ccccc3-2)Cc2ccccc2-c2ccccc2C1. The minimum atomic E-state index is 0. The van der Waals surface area contributed by atoms with Crippen molar-refractivity contribution in [2.24, 2.45) is 10.8 Å². The van der Waals surface area contributed by atoms with Gasteiger partial charge >= 0.3 is 0 Å². The summed E-state index contributed by atoms with van der Waals surface area (Å²) in [6.45, 7) is 0. The van der Waals surface area contributed by atoms with Crippen LogP contribution in [0.4, 0.5) is 0 Å². The van der Waals surface area contributed by atoms with Crippen LogP contribution in [0.3, 0.4) is 0 Å². The Hall–Kier alpha value is -4.68. The Kier molecular flexibility index (Phi) is 7.48. The monoisotopic (exact) mass is 608 g/mol. The topological polar surface area (TPSA) is 0 Å². The van der Waals surface area contributed by atoms with Crippen molar-refractivity contribution in [3.63, 3.8) is 0 Å². The van der Waals surface area contributed by atoms with Crippen LogP contribution in [-0.4, -0.2) is 0 Å². The van der Waals surface area contributed by atoms with Crippen LogP contribution in [0.25, 0.3) is 22.3 Å². The molecule has 0 saturated heterocycles. The van der Waals surface area contributed by atoms with E-state index in [1.54, 1.807) is 22.3 Å². The van der Waals surface area contributed by atoms with Crippen molar-refractivity contribution in [2.45, 2.75) is 58.8 Å². The van der Waals surface area contributed by atoms with Crippen LogP contribution in [0.15, 0.2) is 146 Å². The molecule has 0 unspecified atom stereocenters. The molecule has 0 bridgehead atoms. The molecule has 4 aliphatic rings. The molecule has 6 aromatic rings. The fraction of sp³-hybridized carbons (Fsp3) is 0.234. The average molecular weight is 609 g/mol. The lowest BCUT2D eigenvalue weighted by Crippen LogP contribution is -2.30. The molecule has 0 fully saturated rings. The van der Waals surface area contributed by atoms with Crippen LogP contribution < -0.4 is 0 Å². The molecule has 0 heteroatoms. The van der Waals surface area contributed by atoms with E-state index in [0.717, 1.165) is 25.7 Å². The van der Waals surface area contributed by atoms with Gasteiger partial charge in [0.15, 0.2) is 0 Å². The molecule has 4 aliphatic carbocycles. The molecule has 2 spiro atoms. The van der Waals surface area contributed by atoms with Crippen molar-refractivity contribution in [3.8, 4) is 22.3 Å². The molecule has 10 rings (SSSR count). The summed E-state index contributed by atoms with van der Waals surface area (Å²) in [5.74, 6) is 0. The molecule has 232 valence electrons. The van der Waals surface area contributed by atoms with Crippen LogP contribution in [0.5, 0.6) is 0 Å². The van der Waals surface area contributed by atoms with Crippen LogP contribution in [-0.2, 0) is 51.4 Å². The van der Waals surface area contributed by atoms with Crippen molar-refractivity contribution in [3.05, 3.63) is 190 Å². The third kappa shape index (κ3) is 5.35. The average Bonchev–Trinajstić information content (AvgIpc) is 3.55. The summed E-state index contributed by atoms with van der Waals surface area (Å²) in [5.41, 5.74) is 18.7. The molecule has 47 heavy (non-hydrogen) atoms. The predicted molar refractivity (Wildman–Crippen MR) is 198 cm³/mol. The Balaban J connectivity index is 0.000000153. The van der Waals surface area contributed by atoms with Gasteiger partial charge in [0.25, 0.3) is 0 Å². The zero-order chi connectivity index (χ0) is 30.6. The predicted octanol–water partition coefficient (Wildman–Crippen LogP) is 11.1. The Bertz CT molecular complexity index is 1770. The van der Waals surface area contributed by atoms with Crippen LogP contribution >= 0.6 is 0 Å². The Labute approximate surface area is 281 Å². The van der Waals surface area contributed by atoms with Crippen molar-refractivity contribution < 1.29 is 0 Å². The second-order valence-electron chi connectivity index (χ2n) is 14.6. The summed E-state index contributed by atoms with van der Waals surface area (Å²) in [5, 5.41) is 0. The van der Waals surface area contributed by atoms with Gasteiger partial charge in [0.1, 0.15) is 0 Å². The van der Waals surface area contributed by atoms with Gasteiger partial charge in [0.05, 0.1) is 0 Å². The number of hydrogen-bond acceptors (Lipinski definition) is 0. The van der Waals surface area contributed by atoms with Crippen LogP contribution in [0.1, 0.15) is 51.9 Å². The van der Waals surface area contributed by atoms with Gasteiger partial charge in [0.2, 0.25) is 0 Å². The van der Waals surface area contributed by atoms with E-state index < -0.39 is 0 Å². The van der Waals surface area contributed by atoms with Crippen molar-refractivity contribution >= 4 is 0 Å². The fourth-order valence-corrected chi connectivity index (χ4v) is 9.54. The molecule has 0 aliphatic heterocycles. The van der Waals surface area contributed by atoms with Gasteiger partial charge in [-0.1, -0.05) is 153 Å². The van der Waals surface area contributed by atoms with E-state index in [4.69, 9.17) is 0 Å². The number of benzene rings is 6. The minimum Gasteiger partial charge on any atom is -0.0776 e. The molecule has 0 nitrogen and oxygen atoms in total. The third-order valence-electron chi connectivity index (χ3n) is 11.4. The normalized spacial score (nSPS) is 16.9. The smallest absolute Gasteiger partial charge is 0.0135 e. The number of hydrogen-bond donors (Lipinski definition) is 0. The molecule has 0 atom stereocenters. The maximum atomic E-state index is 2.35. The summed E-state index contributed by atoms with van der Waals surface area (Å²) < 4.78 is 0. The summed E-state index contributed by atoms with van der Waals surface area (Å²) in [7, 11) is 0. The second-order valence-corrected chi connectivity index (χ2v) is 14.6. The molecular weight excluding hydrogens is 565 g/mol. The van der Waals surface area contributed by atoms with Gasteiger partial charge in [-0.3, -0.25) is 0 Å². The van der Waals surface area contributed by atoms with Gasteiger partial charge in [-0.25, -0.2) is 0 Å². The van der Waals surface area contributed by atoms with Crippen molar-refractivity contribution in [1.82, 2.24) is 0 Å². The maximum Gasteiger partial charge on any atom is -0.0135 e. The zero-order valence-electron chi connectivity index (χ0n) is 26.5. The maximum absolute atomic E-state index is 2.35. The molecule has 0 aromatic heterocycles. The minimum absolute atomic E-state index is 0. The highest BCUT2D eigenvalue weighted by atomic mass is 14.5. The van der Waals surface area contributed by atoms with E-state index in [2.05, 4.69) is 146 Å². The Morgan fingerprint density at radius 3 is 0.638 bits per heavy atom. The first kappa shape index (κ1) is 29.7. The van der Waals surface area contributed by atoms with Gasteiger partial charge in [-0.2, -0.15) is 0 Å². The summed E-state index contributed by atoms with van der Waals surface area (Å²) >= 11 is 0. The fourth-order valence-electron chi connectivity index (χ4n) is 9.54. The summed E-state index contributed by atoms with van der Waals surface area (Å²) in [6, 6.07) is 54.2. The standard InChI is InChI=1S/C29H24.C17H16.CH4/c1-5-13-25-21(9-1)17-29(18-22-10-2-6-14-26(22)25)19-23-11-3-7-15-27(23)28-16-8-4-12-24(28)20-29;1-2-6-14-10-17(9-13(14)5-1)11-15-7-3-4-8-16(15)12-17;/h1-16H,17-20H2;1-8H,9-12H2;1H4. The molecular formula is C47H44. The van der Waals surface area contributed by atoms with E-state index in [-0.39, 0.29) is 12.8 Å². The quantitative estimate of drug-likeness (QED) is 0.161. The summed E-state index contributed by atoms with van der Waals surface area (Å²) in [4.78, 5) is 0. The molecule has 0 radical (unpaired) electrons. The highest BCUT2D eigenvalue weighted by molar-refractivity contribution is 5.74. The first-order valence-electron chi connectivity index (χ1n) is 17.1. The first-order chi connectivity index (χ1) is 22.7. The Morgan fingerprint density at radius 1 is 0.234 bits per heavy atom. The van der Waals surface area contributed by atoms with Crippen LogP contribution in [0.2, 0.25) is 0 Å². The number of rotatable bonds is 0. The highest BCUT2D eigenvalue weighted by Gasteiger charge is 2.42. The van der Waals surface area contributed by atoms with Gasteiger partial charge < -0.3 is 0 Å². The van der Waals surface area contributed by atoms with Crippen molar-refractivity contribution in [2.75, 3.05) is 0 Å². The van der Waals surface area contributed by atoms with Gasteiger partial charge in [-0.05, 0) is 129 Å². The summed E-state index contributed by atoms with van der Waals surface area (Å²) in [6.07, 6.45) is 9.60. The molecule has 0 N–H and O–H groups in total. The lowest BCUT2D eigenvalue weighted by molar-refractivity contribution is 0.280. The number of fused-ring (bicyclic) bond motifs is 8. The second kappa shape index (κ2) is 11.8. The Morgan fingerprint density at radius 2 is 0.404 bits per heavy atom. The van der Waals surface area contributed by atoms with Gasteiger partial charge in [-0.15, -0.1) is 0 Å². The zero-order valence-corrected chi connectivity index (χ0v) is 26.5. The largest absolute Gasteiger partial charge is 0.0776 e. The van der Waals surface area contributed by atoms with E-state index in [1.165, 1.54) is 70.2 Å². The van der Waals surface area contributed by atoms with E-state index in [9.17, 15) is 0 Å². The molecule has 0 amide bonds. The van der Waals surface area contributed by atoms with E-state index >= 15 is 0 Å². The van der Waals surface area contributed by atoms with E-state index in [0.29, 0.717) is 5.41 Å². The van der Waals surface area contributed by atoms with Crippen molar-refractivity contribution in [1.29, 1.82) is 0 Å². The third-order valence-corrected chi connectivity index (χ3v) is 11.4. The molecule has 0 heterocycles. The molecule has 0 saturated carbocycles. The van der Waals surface area contributed by atoms with Crippen LogP contribution in [0, 0.1) is 10.8 Å². The van der Waals surface area contributed by atoms with Gasteiger partial charge in [0, 0.05) is 0 Å². The lowest BCUT2D eigenvalue weighted by Gasteiger charge is -2.33. The highest BCUT2D eigenvalue weighted by Crippen LogP contribution is 2.48. The first-order valence-corrected chi connectivity index (χ1v) is 17.1. The lowest BCUT2D eigenvalue weighted by atomic mass is 9.70.